The van der Waals surface area contributed by atoms with E-state index in [1.54, 1.807) is 5.32 Å². The summed E-state index contributed by atoms with van der Waals surface area (Å²) in [5, 5.41) is 3.94. The molecule has 2 aromatic carbocycles. The lowest BCUT2D eigenvalue weighted by Gasteiger charge is -2.18. The zero-order valence-electron chi connectivity index (χ0n) is 17.1. The molecule has 0 saturated carbocycles. The van der Waals surface area contributed by atoms with Gasteiger partial charge >= 0.3 is 12.4 Å². The van der Waals surface area contributed by atoms with Crippen LogP contribution in [0.2, 0.25) is 15.1 Å². The SMILES string of the molecule is O=C(CNC(=S)c1ccc(C=CC(c2cc(Cl)c(Cl)c(Cl)c2)C(F)(F)F)cc1Br)NCC(F)(F)F. The Bertz CT molecular complexity index is 1120. The maximum absolute atomic E-state index is 13.7. The molecular formula is C21H14BrCl3F6N2OS. The number of allylic oxidation sites excluding steroid dienone is 1. The molecule has 0 heterocycles. The first-order chi connectivity index (χ1) is 16.1. The minimum absolute atomic E-state index is 0.0492. The number of rotatable bonds is 7. The van der Waals surface area contributed by atoms with E-state index in [2.05, 4.69) is 21.2 Å². The first-order valence-corrected chi connectivity index (χ1v) is 11.7. The number of benzene rings is 2. The summed E-state index contributed by atoms with van der Waals surface area (Å²) in [7, 11) is 0. The highest BCUT2D eigenvalue weighted by Gasteiger charge is 2.39. The third-order valence-electron chi connectivity index (χ3n) is 4.33. The van der Waals surface area contributed by atoms with Crippen LogP contribution in [-0.4, -0.2) is 36.3 Å². The highest BCUT2D eigenvalue weighted by molar-refractivity contribution is 9.10. The molecule has 3 nitrogen and oxygen atoms in total. The van der Waals surface area contributed by atoms with Crippen molar-refractivity contribution in [3.63, 3.8) is 0 Å². The van der Waals surface area contributed by atoms with Crippen LogP contribution in [0.4, 0.5) is 26.3 Å². The molecule has 190 valence electrons. The molecule has 14 heteroatoms. The second-order valence-electron chi connectivity index (χ2n) is 6.99. The fourth-order valence-electron chi connectivity index (χ4n) is 2.71. The van der Waals surface area contributed by atoms with Crippen molar-refractivity contribution in [1.82, 2.24) is 10.6 Å². The van der Waals surface area contributed by atoms with Crippen LogP contribution in [0.15, 0.2) is 40.9 Å². The molecule has 0 spiro atoms. The number of thiocarbonyl (C=S) groups is 1. The van der Waals surface area contributed by atoms with Gasteiger partial charge in [-0.25, -0.2) is 0 Å². The van der Waals surface area contributed by atoms with Gasteiger partial charge in [0, 0.05) is 10.0 Å². The Kier molecular flexibility index (Phi) is 10.3. The van der Waals surface area contributed by atoms with E-state index in [0.29, 0.717) is 15.6 Å². The molecule has 1 amide bonds. The first kappa shape index (κ1) is 29.7. The van der Waals surface area contributed by atoms with E-state index in [9.17, 15) is 31.1 Å². The highest BCUT2D eigenvalue weighted by atomic mass is 79.9. The third-order valence-corrected chi connectivity index (χ3v) is 6.55. The maximum atomic E-state index is 13.7. The minimum atomic E-state index is -4.65. The monoisotopic (exact) mass is 640 g/mol. The van der Waals surface area contributed by atoms with Crippen LogP contribution in [0.1, 0.15) is 22.6 Å². The molecule has 35 heavy (non-hydrogen) atoms. The van der Waals surface area contributed by atoms with Gasteiger partial charge in [-0.05, 0) is 29.3 Å². The molecule has 0 bridgehead atoms. The first-order valence-electron chi connectivity index (χ1n) is 9.39. The van der Waals surface area contributed by atoms with Gasteiger partial charge in [-0.3, -0.25) is 4.79 Å². The Morgan fingerprint density at radius 3 is 2.14 bits per heavy atom. The van der Waals surface area contributed by atoms with E-state index < -0.39 is 37.3 Å². The number of nitrogens with one attached hydrogen (secondary N) is 2. The standard InChI is InChI=1S/C21H14BrCl3F6N2OS/c22-14-5-10(1-3-12(14)19(35)32-8-17(34)33-9-20(26,27)28)2-4-13(21(29,30)31)11-6-15(23)18(25)16(24)7-11/h1-7,13H,8-9H2,(H,32,35)(H,33,34). The number of amides is 1. The van der Waals surface area contributed by atoms with Gasteiger partial charge in [0.05, 0.1) is 27.5 Å². The van der Waals surface area contributed by atoms with E-state index in [0.717, 1.165) is 18.2 Å². The van der Waals surface area contributed by atoms with Crippen LogP contribution in [0.25, 0.3) is 6.08 Å². The third kappa shape index (κ3) is 9.13. The van der Waals surface area contributed by atoms with Crippen molar-refractivity contribution in [2.24, 2.45) is 0 Å². The molecule has 0 radical (unpaired) electrons. The highest BCUT2D eigenvalue weighted by Crippen LogP contribution is 2.41. The Morgan fingerprint density at radius 2 is 1.63 bits per heavy atom. The largest absolute Gasteiger partial charge is 0.405 e. The van der Waals surface area contributed by atoms with E-state index in [4.69, 9.17) is 47.0 Å². The lowest BCUT2D eigenvalue weighted by atomic mass is 9.97. The zero-order valence-corrected chi connectivity index (χ0v) is 21.8. The van der Waals surface area contributed by atoms with Crippen molar-refractivity contribution >= 4 is 79.9 Å². The number of hydrogen-bond donors (Lipinski definition) is 2. The fraction of sp³-hybridized carbons (Fsp3) is 0.238. The molecule has 0 saturated heterocycles. The molecule has 1 atom stereocenters. The molecule has 0 aliphatic rings. The van der Waals surface area contributed by atoms with Crippen molar-refractivity contribution in [3.8, 4) is 0 Å². The molecule has 2 N–H and O–H groups in total. The van der Waals surface area contributed by atoms with E-state index >= 15 is 0 Å². The number of carbonyl (C=O) groups is 1. The van der Waals surface area contributed by atoms with Crippen molar-refractivity contribution in [2.75, 3.05) is 13.1 Å². The summed E-state index contributed by atoms with van der Waals surface area (Å²) in [4.78, 5) is 11.6. The smallest absolute Gasteiger partial charge is 0.367 e. The normalized spacial score (nSPS) is 13.1. The summed E-state index contributed by atoms with van der Waals surface area (Å²) in [5.74, 6) is -2.94. The topological polar surface area (TPSA) is 41.1 Å². The van der Waals surface area contributed by atoms with Gasteiger partial charge in [-0.15, -0.1) is 0 Å². The Labute approximate surface area is 224 Å². The average Bonchev–Trinajstić information content (AvgIpc) is 2.73. The van der Waals surface area contributed by atoms with Crippen LogP contribution in [0.5, 0.6) is 0 Å². The van der Waals surface area contributed by atoms with Gasteiger partial charge in [0.25, 0.3) is 0 Å². The lowest BCUT2D eigenvalue weighted by Crippen LogP contribution is -2.40. The summed E-state index contributed by atoms with van der Waals surface area (Å²) >= 11 is 26.0. The number of alkyl halides is 6. The molecule has 0 aliphatic heterocycles. The van der Waals surface area contributed by atoms with Gasteiger partial charge < -0.3 is 10.6 Å². The number of hydrogen-bond acceptors (Lipinski definition) is 2. The van der Waals surface area contributed by atoms with Gasteiger partial charge in [0.2, 0.25) is 5.91 Å². The van der Waals surface area contributed by atoms with Gasteiger partial charge in [-0.1, -0.05) is 87.2 Å². The molecule has 0 aliphatic carbocycles. The van der Waals surface area contributed by atoms with Crippen molar-refractivity contribution in [1.29, 1.82) is 0 Å². The number of carbonyl (C=O) groups excluding carboxylic acids is 1. The Balaban J connectivity index is 2.15. The molecule has 0 aromatic heterocycles. The van der Waals surface area contributed by atoms with Crippen LogP contribution in [0.3, 0.4) is 0 Å². The average molecular weight is 643 g/mol. The summed E-state index contributed by atoms with van der Waals surface area (Å²) in [6.07, 6.45) is -7.02. The second kappa shape index (κ2) is 12.1. The van der Waals surface area contributed by atoms with Crippen molar-refractivity contribution < 1.29 is 31.1 Å². The molecule has 0 fully saturated rings. The fourth-order valence-corrected chi connectivity index (χ4v) is 4.30. The molecular weight excluding hydrogens is 629 g/mol. The predicted octanol–water partition coefficient (Wildman–Crippen LogP) is 7.71. The van der Waals surface area contributed by atoms with Crippen LogP contribution < -0.4 is 10.6 Å². The van der Waals surface area contributed by atoms with E-state index in [1.807, 2.05) is 0 Å². The minimum Gasteiger partial charge on any atom is -0.367 e. The van der Waals surface area contributed by atoms with Crippen LogP contribution >= 0.6 is 63.0 Å². The number of halogens is 10. The predicted molar refractivity (Wildman–Crippen MR) is 132 cm³/mol. The van der Waals surface area contributed by atoms with Gasteiger partial charge in [-0.2, -0.15) is 26.3 Å². The second-order valence-corrected chi connectivity index (χ2v) is 9.45. The Hall–Kier alpha value is -1.53. The summed E-state index contributed by atoms with van der Waals surface area (Å²) in [5.41, 5.74) is 0.564. The quantitative estimate of drug-likeness (QED) is 0.185. The molecule has 2 aromatic rings. The van der Waals surface area contributed by atoms with E-state index in [-0.39, 0.29) is 25.6 Å². The Morgan fingerprint density at radius 1 is 1.03 bits per heavy atom. The van der Waals surface area contributed by atoms with Crippen molar-refractivity contribution in [3.05, 3.63) is 72.6 Å². The van der Waals surface area contributed by atoms with Crippen LogP contribution in [0, 0.1) is 0 Å². The molecule has 1 unspecified atom stereocenters. The lowest BCUT2D eigenvalue weighted by molar-refractivity contribution is -0.139. The molecule has 2 rings (SSSR count). The summed E-state index contributed by atoms with van der Waals surface area (Å²) < 4.78 is 77.9. The van der Waals surface area contributed by atoms with E-state index in [1.165, 1.54) is 24.3 Å². The van der Waals surface area contributed by atoms with Crippen LogP contribution in [-0.2, 0) is 4.79 Å². The van der Waals surface area contributed by atoms with Crippen molar-refractivity contribution in [2.45, 2.75) is 18.3 Å². The van der Waals surface area contributed by atoms with Gasteiger partial charge in [0.1, 0.15) is 11.5 Å². The van der Waals surface area contributed by atoms with Gasteiger partial charge in [0.15, 0.2) is 0 Å². The summed E-state index contributed by atoms with van der Waals surface area (Å²) in [6, 6.07) is 6.62. The summed E-state index contributed by atoms with van der Waals surface area (Å²) in [6.45, 7) is -1.97. The zero-order chi connectivity index (χ0) is 26.6. The maximum Gasteiger partial charge on any atom is 0.405 e.